The lowest BCUT2D eigenvalue weighted by atomic mass is 9.93. The second-order valence-corrected chi connectivity index (χ2v) is 4.03. The molecule has 0 unspecified atom stereocenters. The van der Waals surface area contributed by atoms with Gasteiger partial charge in [-0.25, -0.2) is 0 Å². The molecular formula is C8H13ClO6. The molecule has 0 bridgehead atoms. The van der Waals surface area contributed by atoms with Gasteiger partial charge in [0.1, 0.15) is 24.4 Å². The zero-order valence-corrected chi connectivity index (χ0v) is 8.76. The molecule has 1 aliphatic rings. The monoisotopic (exact) mass is 240 g/mol. The van der Waals surface area contributed by atoms with Gasteiger partial charge in [0.05, 0.1) is 6.61 Å². The minimum absolute atomic E-state index is 0.618. The van der Waals surface area contributed by atoms with Crippen LogP contribution >= 0.6 is 11.6 Å². The van der Waals surface area contributed by atoms with Crippen LogP contribution in [0.2, 0.25) is 0 Å². The highest BCUT2D eigenvalue weighted by Gasteiger charge is 2.55. The minimum atomic E-state index is -2.12. The van der Waals surface area contributed by atoms with Crippen LogP contribution in [0, 0.1) is 0 Å². The smallest absolute Gasteiger partial charge is 0.229 e. The molecule has 0 saturated carbocycles. The van der Waals surface area contributed by atoms with Gasteiger partial charge in [0.15, 0.2) is 5.78 Å². The first-order chi connectivity index (χ1) is 6.84. The average molecular weight is 241 g/mol. The predicted octanol–water partition coefficient (Wildman–Crippen LogP) is -2.02. The molecule has 0 aromatic carbocycles. The Morgan fingerprint density at radius 3 is 2.33 bits per heavy atom. The number of ketones is 1. The van der Waals surface area contributed by atoms with Crippen molar-refractivity contribution < 1.29 is 30.0 Å². The Balaban J connectivity index is 2.97. The summed E-state index contributed by atoms with van der Waals surface area (Å²) in [5.74, 6) is -0.707. The van der Waals surface area contributed by atoms with Crippen LogP contribution in [0.25, 0.3) is 0 Å². The molecule has 0 aliphatic carbocycles. The maximum Gasteiger partial charge on any atom is 0.229 e. The van der Waals surface area contributed by atoms with E-state index in [2.05, 4.69) is 0 Å². The molecule has 1 heterocycles. The number of aliphatic hydroxyl groups is 4. The Morgan fingerprint density at radius 1 is 1.40 bits per heavy atom. The van der Waals surface area contributed by atoms with Crippen LogP contribution in [0.5, 0.6) is 0 Å². The fourth-order valence-corrected chi connectivity index (χ4v) is 1.67. The van der Waals surface area contributed by atoms with Crippen molar-refractivity contribution in [3.63, 3.8) is 0 Å². The highest BCUT2D eigenvalue weighted by atomic mass is 35.5. The lowest BCUT2D eigenvalue weighted by Gasteiger charge is -2.43. The molecule has 0 spiro atoms. The Hall–Kier alpha value is -0.240. The summed E-state index contributed by atoms with van der Waals surface area (Å²) in [7, 11) is 0. The molecule has 4 N–H and O–H groups in total. The van der Waals surface area contributed by atoms with Crippen LogP contribution in [0.1, 0.15) is 6.92 Å². The molecule has 1 fully saturated rings. The van der Waals surface area contributed by atoms with Gasteiger partial charge in [-0.05, 0) is 6.92 Å². The van der Waals surface area contributed by atoms with E-state index in [0.29, 0.717) is 0 Å². The summed E-state index contributed by atoms with van der Waals surface area (Å²) in [6.45, 7) is 0.460. The van der Waals surface area contributed by atoms with Crippen LogP contribution in [0.3, 0.4) is 0 Å². The topological polar surface area (TPSA) is 107 Å². The van der Waals surface area contributed by atoms with E-state index in [1.807, 2.05) is 0 Å². The standard InChI is InChI=1S/C8H13ClO6/c1-3(11)8(9)7(14)6(13)5(12)4(2-10)15-8/h4-7,10,12-14H,2H2,1H3/t4-,5-,6+,7-,8-/m1/s1. The first-order valence-corrected chi connectivity index (χ1v) is 4.75. The van der Waals surface area contributed by atoms with Crippen molar-refractivity contribution in [3.05, 3.63) is 0 Å². The minimum Gasteiger partial charge on any atom is -0.394 e. The molecular weight excluding hydrogens is 228 g/mol. The second-order valence-electron chi connectivity index (χ2n) is 3.47. The maximum atomic E-state index is 11.2. The van der Waals surface area contributed by atoms with Gasteiger partial charge in [0, 0.05) is 0 Å². The van der Waals surface area contributed by atoms with E-state index >= 15 is 0 Å². The number of Topliss-reactive ketones (excluding diaryl/α,β-unsaturated/α-hetero) is 1. The number of hydrogen-bond donors (Lipinski definition) is 4. The van der Waals surface area contributed by atoms with Crippen molar-refractivity contribution >= 4 is 17.4 Å². The lowest BCUT2D eigenvalue weighted by Crippen LogP contribution is -2.65. The van der Waals surface area contributed by atoms with Gasteiger partial charge >= 0.3 is 0 Å². The molecule has 88 valence electrons. The molecule has 0 amide bonds. The molecule has 6 nitrogen and oxygen atoms in total. The summed E-state index contributed by atoms with van der Waals surface area (Å²) in [6.07, 6.45) is -6.08. The summed E-state index contributed by atoms with van der Waals surface area (Å²) < 4.78 is 4.89. The first-order valence-electron chi connectivity index (χ1n) is 4.37. The van der Waals surface area contributed by atoms with Crippen molar-refractivity contribution in [2.75, 3.05) is 6.61 Å². The number of carbonyl (C=O) groups is 1. The Bertz CT molecular complexity index is 258. The average Bonchev–Trinajstić information content (AvgIpc) is 2.20. The fraction of sp³-hybridized carbons (Fsp3) is 0.875. The molecule has 1 rings (SSSR count). The number of ether oxygens (including phenoxy) is 1. The molecule has 0 radical (unpaired) electrons. The summed E-state index contributed by atoms with van der Waals surface area (Å²) in [5.41, 5.74) is 0. The summed E-state index contributed by atoms with van der Waals surface area (Å²) in [5, 5.41) is 35.0. The van der Waals surface area contributed by atoms with E-state index in [1.54, 1.807) is 0 Å². The Morgan fingerprint density at radius 2 is 1.93 bits per heavy atom. The van der Waals surface area contributed by atoms with Crippen molar-refractivity contribution in [2.24, 2.45) is 0 Å². The number of carbonyl (C=O) groups excluding carboxylic acids is 1. The molecule has 0 aromatic heterocycles. The van der Waals surface area contributed by atoms with Crippen LogP contribution in [0.15, 0.2) is 0 Å². The number of hydrogen-bond acceptors (Lipinski definition) is 6. The highest BCUT2D eigenvalue weighted by molar-refractivity contribution is 6.34. The van der Waals surface area contributed by atoms with E-state index in [0.717, 1.165) is 6.92 Å². The van der Waals surface area contributed by atoms with Gasteiger partial charge in [-0.3, -0.25) is 4.79 Å². The SMILES string of the molecule is CC(=O)[C@@]1(Cl)O[C@H](CO)[C@@H](O)[C@H](O)[C@H]1O. The van der Waals surface area contributed by atoms with E-state index < -0.39 is 41.9 Å². The Labute approximate surface area is 91.0 Å². The molecule has 1 aliphatic heterocycles. The summed E-state index contributed by atoms with van der Waals surface area (Å²) >= 11 is 5.69. The summed E-state index contributed by atoms with van der Waals surface area (Å²) in [4.78, 5) is 11.2. The van der Waals surface area contributed by atoms with Gasteiger partial charge in [0.2, 0.25) is 5.06 Å². The van der Waals surface area contributed by atoms with Gasteiger partial charge < -0.3 is 25.2 Å². The van der Waals surface area contributed by atoms with Crippen molar-refractivity contribution in [1.82, 2.24) is 0 Å². The maximum absolute atomic E-state index is 11.2. The van der Waals surface area contributed by atoms with Gasteiger partial charge in [-0.2, -0.15) is 0 Å². The van der Waals surface area contributed by atoms with Crippen molar-refractivity contribution in [2.45, 2.75) is 36.4 Å². The fourth-order valence-electron chi connectivity index (χ4n) is 1.42. The number of halogens is 1. The third-order valence-corrected chi connectivity index (χ3v) is 3.00. The third kappa shape index (κ3) is 2.01. The zero-order chi connectivity index (χ0) is 11.8. The highest BCUT2D eigenvalue weighted by Crippen LogP contribution is 2.34. The first kappa shape index (κ1) is 12.8. The lowest BCUT2D eigenvalue weighted by molar-refractivity contribution is -0.239. The second kappa shape index (κ2) is 4.32. The predicted molar refractivity (Wildman–Crippen MR) is 49.2 cm³/mol. The number of rotatable bonds is 2. The van der Waals surface area contributed by atoms with Crippen LogP contribution in [-0.2, 0) is 9.53 Å². The van der Waals surface area contributed by atoms with E-state index in [9.17, 15) is 20.1 Å². The quantitative estimate of drug-likeness (QED) is 0.415. The van der Waals surface area contributed by atoms with Crippen molar-refractivity contribution in [1.29, 1.82) is 0 Å². The molecule has 0 aromatic rings. The molecule has 7 heteroatoms. The van der Waals surface area contributed by atoms with E-state index in [-0.39, 0.29) is 0 Å². The number of alkyl halides is 1. The zero-order valence-electron chi connectivity index (χ0n) is 8.00. The van der Waals surface area contributed by atoms with E-state index in [4.69, 9.17) is 21.4 Å². The molecule has 1 saturated heterocycles. The summed E-state index contributed by atoms with van der Waals surface area (Å²) in [6, 6.07) is 0. The van der Waals surface area contributed by atoms with Crippen molar-refractivity contribution in [3.8, 4) is 0 Å². The van der Waals surface area contributed by atoms with Gasteiger partial charge in [-0.15, -0.1) is 0 Å². The third-order valence-electron chi connectivity index (χ3n) is 2.42. The van der Waals surface area contributed by atoms with Gasteiger partial charge in [-0.1, -0.05) is 11.6 Å². The van der Waals surface area contributed by atoms with Crippen LogP contribution in [-0.4, -0.2) is 62.3 Å². The number of aliphatic hydroxyl groups excluding tert-OH is 4. The van der Waals surface area contributed by atoms with E-state index in [1.165, 1.54) is 0 Å². The van der Waals surface area contributed by atoms with Crippen LogP contribution < -0.4 is 0 Å². The van der Waals surface area contributed by atoms with Gasteiger partial charge in [0.25, 0.3) is 0 Å². The normalized spacial score (nSPS) is 46.5. The molecule has 5 atom stereocenters. The Kier molecular flexibility index (Phi) is 3.70. The van der Waals surface area contributed by atoms with Crippen LogP contribution in [0.4, 0.5) is 0 Å². The molecule has 15 heavy (non-hydrogen) atoms. The largest absolute Gasteiger partial charge is 0.394 e.